The van der Waals surface area contributed by atoms with Crippen molar-refractivity contribution < 1.29 is 54.9 Å². The van der Waals surface area contributed by atoms with Gasteiger partial charge in [0.05, 0.1) is 19.7 Å². The van der Waals surface area contributed by atoms with Gasteiger partial charge in [0.1, 0.15) is 43.2 Å². The van der Waals surface area contributed by atoms with Crippen molar-refractivity contribution in [3.8, 4) is 0 Å². The van der Waals surface area contributed by atoms with Gasteiger partial charge in [-0.15, -0.1) is 0 Å². The average molecular weight is 481 g/mol. The lowest BCUT2D eigenvalue weighted by Gasteiger charge is -2.52. The number of hydrogen-bond acceptors (Lipinski definition) is 12. The molecule has 178 valence electrons. The van der Waals surface area contributed by atoms with Crippen molar-refractivity contribution >= 4 is 40.5 Å². The van der Waals surface area contributed by atoms with Gasteiger partial charge >= 0.3 is 17.9 Å². The number of carboxylic acids is 3. The number of amidine groups is 1. The van der Waals surface area contributed by atoms with E-state index in [-0.39, 0.29) is 0 Å². The number of nitrogens with zero attached hydrogens (tertiary/aromatic N) is 4. The molecule has 0 saturated carbocycles. The van der Waals surface area contributed by atoms with E-state index in [2.05, 4.69) is 9.98 Å². The normalized spacial score (nSPS) is 37.1. The van der Waals surface area contributed by atoms with Crippen LogP contribution in [0, 0.1) is 0 Å². The number of fused-ring (bicyclic) bond motifs is 1. The predicted octanol–water partition coefficient (Wildman–Crippen LogP) is -3.53. The minimum atomic E-state index is -2.64. The van der Waals surface area contributed by atoms with Crippen molar-refractivity contribution in [1.82, 2.24) is 9.80 Å². The molecule has 3 heterocycles. The van der Waals surface area contributed by atoms with Crippen molar-refractivity contribution in [1.29, 1.82) is 0 Å². The molecule has 0 aromatic carbocycles. The van der Waals surface area contributed by atoms with Crippen LogP contribution in [0.4, 0.5) is 0 Å². The molecule has 1 fully saturated rings. The maximum Gasteiger partial charge on any atom is 0.323 e. The summed E-state index contributed by atoms with van der Waals surface area (Å²) in [5.41, 5.74) is -5.40. The first-order valence-electron chi connectivity index (χ1n) is 9.22. The number of rotatable bonds is 8. The molecular formula is C16H21ClN4O11. The summed E-state index contributed by atoms with van der Waals surface area (Å²) in [5.74, 6) is -4.53. The van der Waals surface area contributed by atoms with Crippen LogP contribution < -0.4 is 0 Å². The number of carboxylic acid groups (broad SMARTS) is 3. The van der Waals surface area contributed by atoms with Crippen molar-refractivity contribution in [2.45, 2.75) is 48.8 Å². The smallest absolute Gasteiger partial charge is 0.323 e. The Morgan fingerprint density at radius 2 is 1.72 bits per heavy atom. The van der Waals surface area contributed by atoms with E-state index in [0.717, 1.165) is 9.80 Å². The predicted molar refractivity (Wildman–Crippen MR) is 102 cm³/mol. The van der Waals surface area contributed by atoms with Crippen LogP contribution in [0.2, 0.25) is 0 Å². The summed E-state index contributed by atoms with van der Waals surface area (Å²) in [6, 6.07) is 0. The first-order valence-corrected chi connectivity index (χ1v) is 9.60. The topological polar surface area (TPSA) is 233 Å². The van der Waals surface area contributed by atoms with Crippen molar-refractivity contribution in [3.05, 3.63) is 0 Å². The molecule has 15 nitrogen and oxygen atoms in total. The first kappa shape index (κ1) is 24.2. The summed E-state index contributed by atoms with van der Waals surface area (Å²) in [6.45, 7) is -2.15. The number of aliphatic carboxylic acids is 3. The Hall–Kier alpha value is -2.40. The SMILES string of the molecule is O=C(O)CN1C(Cl)=NC(O)(CC(=O)O)C2=NCN([C@@H]3O[C@H](CO)[C@@H](O)[C@H]3O)C21CC(=O)O. The fraction of sp³-hybridized carbons (Fsp3) is 0.688. The van der Waals surface area contributed by atoms with Crippen LogP contribution in [0.15, 0.2) is 9.98 Å². The van der Waals surface area contributed by atoms with Crippen molar-refractivity contribution in [3.63, 3.8) is 0 Å². The van der Waals surface area contributed by atoms with Crippen molar-refractivity contribution in [2.24, 2.45) is 9.98 Å². The van der Waals surface area contributed by atoms with E-state index in [1.54, 1.807) is 0 Å². The van der Waals surface area contributed by atoms with Gasteiger partial charge in [-0.25, -0.2) is 9.89 Å². The highest BCUT2D eigenvalue weighted by atomic mass is 35.5. The number of aliphatic hydroxyl groups excluding tert-OH is 3. The van der Waals surface area contributed by atoms with Gasteiger partial charge in [-0.2, -0.15) is 0 Å². The van der Waals surface area contributed by atoms with Gasteiger partial charge in [-0.05, 0) is 11.6 Å². The second-order valence-electron chi connectivity index (χ2n) is 7.48. The number of carbonyl (C=O) groups is 3. The molecular weight excluding hydrogens is 460 g/mol. The number of aliphatic imine (C=N–C) groups is 2. The lowest BCUT2D eigenvalue weighted by molar-refractivity contribution is -0.164. The minimum absolute atomic E-state index is 0.507. The van der Waals surface area contributed by atoms with Crippen LogP contribution in [0.1, 0.15) is 12.8 Å². The fourth-order valence-electron chi connectivity index (χ4n) is 4.26. The maximum absolute atomic E-state index is 11.9. The number of halogens is 1. The monoisotopic (exact) mass is 480 g/mol. The Balaban J connectivity index is 2.20. The van der Waals surface area contributed by atoms with E-state index >= 15 is 0 Å². The summed E-state index contributed by atoms with van der Waals surface area (Å²) in [4.78, 5) is 44.3. The Kier molecular flexibility index (Phi) is 6.45. The van der Waals surface area contributed by atoms with E-state index in [1.165, 1.54) is 0 Å². The van der Waals surface area contributed by atoms with Gasteiger partial charge in [-0.3, -0.25) is 19.4 Å². The largest absolute Gasteiger partial charge is 0.481 e. The van der Waals surface area contributed by atoms with Crippen LogP contribution in [0.25, 0.3) is 0 Å². The third-order valence-corrected chi connectivity index (χ3v) is 5.76. The highest BCUT2D eigenvalue weighted by molar-refractivity contribution is 6.65. The van der Waals surface area contributed by atoms with Crippen LogP contribution in [0.5, 0.6) is 0 Å². The molecule has 0 radical (unpaired) electrons. The molecule has 3 rings (SSSR count). The molecule has 0 spiro atoms. The molecule has 2 unspecified atom stereocenters. The number of aliphatic hydroxyl groups is 4. The molecule has 3 aliphatic heterocycles. The molecule has 0 aromatic heterocycles. The molecule has 1 saturated heterocycles. The van der Waals surface area contributed by atoms with Gasteiger partial charge in [0.2, 0.25) is 5.72 Å². The van der Waals surface area contributed by atoms with E-state index in [0.29, 0.717) is 0 Å². The summed E-state index contributed by atoms with van der Waals surface area (Å²) in [5, 5.41) is 68.6. The second kappa shape index (κ2) is 8.51. The van der Waals surface area contributed by atoms with E-state index in [9.17, 15) is 50.1 Å². The van der Waals surface area contributed by atoms with Gasteiger partial charge in [-0.1, -0.05) is 0 Å². The summed E-state index contributed by atoms with van der Waals surface area (Å²) >= 11 is 6.12. The fourth-order valence-corrected chi connectivity index (χ4v) is 4.60. The highest BCUT2D eigenvalue weighted by Crippen LogP contribution is 2.44. The number of hydrogen-bond donors (Lipinski definition) is 7. The Morgan fingerprint density at radius 3 is 2.22 bits per heavy atom. The quantitative estimate of drug-likeness (QED) is 0.167. The van der Waals surface area contributed by atoms with Crippen LogP contribution >= 0.6 is 11.6 Å². The van der Waals surface area contributed by atoms with Crippen LogP contribution in [-0.2, 0) is 19.1 Å². The van der Waals surface area contributed by atoms with E-state index < -0.39 is 97.5 Å². The second-order valence-corrected chi connectivity index (χ2v) is 7.82. The average Bonchev–Trinajstić information content (AvgIpc) is 3.16. The van der Waals surface area contributed by atoms with Crippen LogP contribution in [0.3, 0.4) is 0 Å². The zero-order valence-electron chi connectivity index (χ0n) is 16.3. The Bertz CT molecular complexity index is 884. The molecule has 0 aromatic rings. The van der Waals surface area contributed by atoms with Gasteiger partial charge in [0.15, 0.2) is 11.0 Å². The molecule has 16 heteroatoms. The third-order valence-electron chi connectivity index (χ3n) is 5.47. The van der Waals surface area contributed by atoms with Gasteiger partial charge in [0.25, 0.3) is 0 Å². The summed E-state index contributed by atoms with van der Waals surface area (Å²) in [7, 11) is 0. The first-order chi connectivity index (χ1) is 14.9. The van der Waals surface area contributed by atoms with Gasteiger partial charge in [0, 0.05) is 0 Å². The zero-order chi connectivity index (χ0) is 24.0. The lowest BCUT2D eigenvalue weighted by atomic mass is 9.85. The molecule has 7 N–H and O–H groups in total. The molecule has 32 heavy (non-hydrogen) atoms. The number of ether oxygens (including phenoxy) is 1. The Morgan fingerprint density at radius 1 is 1.09 bits per heavy atom. The molecule has 0 amide bonds. The summed E-state index contributed by atoms with van der Waals surface area (Å²) < 4.78 is 5.47. The van der Waals surface area contributed by atoms with Gasteiger partial charge < -0.3 is 45.4 Å². The maximum atomic E-state index is 11.9. The molecule has 3 aliphatic rings. The van der Waals surface area contributed by atoms with E-state index in [4.69, 9.17) is 16.3 Å². The van der Waals surface area contributed by atoms with Crippen LogP contribution in [-0.4, -0.2) is 130 Å². The zero-order valence-corrected chi connectivity index (χ0v) is 17.0. The van der Waals surface area contributed by atoms with E-state index in [1.807, 2.05) is 0 Å². The molecule has 0 aliphatic carbocycles. The lowest BCUT2D eigenvalue weighted by Crippen LogP contribution is -2.74. The molecule has 6 atom stereocenters. The Labute approximate surface area is 184 Å². The molecule has 0 bridgehead atoms. The standard InChI is InChI=1S/C16H21ClN4O11/c17-14-19-15(31,1-7(23)24)13-16(2-8(25)26,20(14)3-9(27)28)21(5-18-13)12-11(30)10(29)6(4-22)32-12/h6,10-12,22,29-31H,1-5H2,(H,23,24)(H,25,26)(H,27,28)/t6-,10-,11-,12-,15?,16?/m1/s1. The van der Waals surface area contributed by atoms with Crippen molar-refractivity contribution in [2.75, 3.05) is 19.8 Å². The highest BCUT2D eigenvalue weighted by Gasteiger charge is 2.66. The third kappa shape index (κ3) is 3.81. The summed E-state index contributed by atoms with van der Waals surface area (Å²) in [6.07, 6.45) is -8.15. The minimum Gasteiger partial charge on any atom is -0.481 e.